The van der Waals surface area contributed by atoms with Crippen molar-refractivity contribution >= 4 is 40.6 Å². The Balaban J connectivity index is 2.35. The molecule has 4 nitrogen and oxygen atoms in total. The Hall–Kier alpha value is -0.910. The Bertz CT molecular complexity index is 538. The molecule has 0 saturated heterocycles. The van der Waals surface area contributed by atoms with Gasteiger partial charge in [0.25, 0.3) is 0 Å². The number of hydrogen-bond acceptors (Lipinski definition) is 4. The third-order valence-electron chi connectivity index (χ3n) is 4.00. The van der Waals surface area contributed by atoms with E-state index in [1.807, 2.05) is 23.9 Å². The highest BCUT2D eigenvalue weighted by atomic mass is 35.5. The first-order chi connectivity index (χ1) is 10.0. The minimum absolute atomic E-state index is 0.0282. The van der Waals surface area contributed by atoms with Crippen molar-refractivity contribution in [2.24, 2.45) is 0 Å². The molecule has 1 aliphatic heterocycles. The standard InChI is InChI=1S/C15H22ClN3OS/c1-5-9(8-21-4)19(3)13-7-12-10(6-11(13)16)14(17-2)15(20)18-12/h6-7,9,14,17H,5,8H2,1-4H3,(H,18,20). The van der Waals surface area contributed by atoms with Crippen LogP contribution in [0.5, 0.6) is 0 Å². The molecule has 21 heavy (non-hydrogen) atoms. The van der Waals surface area contributed by atoms with E-state index in [1.54, 1.807) is 7.05 Å². The van der Waals surface area contributed by atoms with Crippen molar-refractivity contribution in [1.82, 2.24) is 5.32 Å². The van der Waals surface area contributed by atoms with Gasteiger partial charge in [-0.3, -0.25) is 4.79 Å². The molecule has 2 unspecified atom stereocenters. The highest BCUT2D eigenvalue weighted by Gasteiger charge is 2.31. The predicted molar refractivity (Wildman–Crippen MR) is 92.7 cm³/mol. The van der Waals surface area contributed by atoms with Gasteiger partial charge in [-0.25, -0.2) is 0 Å². The van der Waals surface area contributed by atoms with Crippen molar-refractivity contribution in [2.45, 2.75) is 25.4 Å². The predicted octanol–water partition coefficient (Wildman–Crippen LogP) is 3.13. The van der Waals surface area contributed by atoms with Crippen LogP contribution in [0, 0.1) is 0 Å². The van der Waals surface area contributed by atoms with E-state index in [9.17, 15) is 4.79 Å². The van der Waals surface area contributed by atoms with Gasteiger partial charge in [0.05, 0.1) is 10.7 Å². The molecule has 0 aliphatic carbocycles. The van der Waals surface area contributed by atoms with E-state index in [2.05, 4.69) is 35.8 Å². The first kappa shape index (κ1) is 16.5. The molecule has 0 fully saturated rings. The van der Waals surface area contributed by atoms with Crippen molar-refractivity contribution < 1.29 is 4.79 Å². The highest BCUT2D eigenvalue weighted by Crippen LogP contribution is 2.39. The van der Waals surface area contributed by atoms with Gasteiger partial charge >= 0.3 is 0 Å². The second-order valence-electron chi connectivity index (χ2n) is 5.23. The summed E-state index contributed by atoms with van der Waals surface area (Å²) in [6.45, 7) is 2.18. The van der Waals surface area contributed by atoms with Crippen LogP contribution in [0.2, 0.25) is 5.02 Å². The Morgan fingerprint density at radius 3 is 2.81 bits per heavy atom. The molecular formula is C15H22ClN3OS. The lowest BCUT2D eigenvalue weighted by Crippen LogP contribution is -2.33. The van der Waals surface area contributed by atoms with Gasteiger partial charge in [-0.1, -0.05) is 18.5 Å². The number of halogens is 1. The third kappa shape index (κ3) is 3.15. The molecule has 1 aromatic rings. The number of thioether (sulfide) groups is 1. The van der Waals surface area contributed by atoms with Gasteiger partial charge in [0.15, 0.2) is 0 Å². The molecule has 0 bridgehead atoms. The number of amides is 1. The third-order valence-corrected chi connectivity index (χ3v) is 5.02. The van der Waals surface area contributed by atoms with Crippen LogP contribution in [-0.2, 0) is 4.79 Å². The second kappa shape index (κ2) is 6.90. The lowest BCUT2D eigenvalue weighted by atomic mass is 10.1. The number of nitrogens with zero attached hydrogens (tertiary/aromatic N) is 1. The number of anilines is 2. The second-order valence-corrected chi connectivity index (χ2v) is 6.55. The molecule has 0 spiro atoms. The van der Waals surface area contributed by atoms with E-state index >= 15 is 0 Å². The van der Waals surface area contributed by atoms with E-state index in [0.29, 0.717) is 11.1 Å². The fourth-order valence-electron chi connectivity index (χ4n) is 2.72. The van der Waals surface area contributed by atoms with Gasteiger partial charge in [-0.2, -0.15) is 11.8 Å². The Labute approximate surface area is 135 Å². The van der Waals surface area contributed by atoms with E-state index in [0.717, 1.165) is 29.1 Å². The molecule has 2 N–H and O–H groups in total. The summed E-state index contributed by atoms with van der Waals surface area (Å²) in [5.74, 6) is 1.02. The SMILES string of the molecule is CCC(CSC)N(C)c1cc2c(cc1Cl)C(NC)C(=O)N2. The average molecular weight is 328 g/mol. The largest absolute Gasteiger partial charge is 0.370 e. The number of carbonyl (C=O) groups excluding carboxylic acids is 1. The maximum Gasteiger partial charge on any atom is 0.246 e. The van der Waals surface area contributed by atoms with E-state index in [4.69, 9.17) is 11.6 Å². The average Bonchev–Trinajstić information content (AvgIpc) is 2.77. The molecule has 116 valence electrons. The molecule has 2 atom stereocenters. The molecule has 1 heterocycles. The smallest absolute Gasteiger partial charge is 0.246 e. The van der Waals surface area contributed by atoms with Crippen LogP contribution in [0.25, 0.3) is 0 Å². The Kier molecular flexibility index (Phi) is 5.41. The molecule has 1 aromatic carbocycles. The zero-order chi connectivity index (χ0) is 15.6. The van der Waals surface area contributed by atoms with E-state index in [-0.39, 0.29) is 11.9 Å². The van der Waals surface area contributed by atoms with Crippen molar-refractivity contribution in [1.29, 1.82) is 0 Å². The van der Waals surface area contributed by atoms with Crippen LogP contribution in [0.3, 0.4) is 0 Å². The fourth-order valence-corrected chi connectivity index (χ4v) is 3.87. The van der Waals surface area contributed by atoms with Gasteiger partial charge in [0.1, 0.15) is 6.04 Å². The molecule has 6 heteroatoms. The first-order valence-electron chi connectivity index (χ1n) is 7.06. The van der Waals surface area contributed by atoms with Crippen LogP contribution in [0.4, 0.5) is 11.4 Å². The monoisotopic (exact) mass is 327 g/mol. The Morgan fingerprint density at radius 2 is 2.24 bits per heavy atom. The van der Waals surface area contributed by atoms with Gasteiger partial charge in [0, 0.05) is 30.1 Å². The van der Waals surface area contributed by atoms with Crippen LogP contribution < -0.4 is 15.5 Å². The zero-order valence-corrected chi connectivity index (χ0v) is 14.4. The number of hydrogen-bond donors (Lipinski definition) is 2. The van der Waals surface area contributed by atoms with Gasteiger partial charge in [0.2, 0.25) is 5.91 Å². The minimum atomic E-state index is -0.315. The molecule has 1 aliphatic rings. The molecule has 0 saturated carbocycles. The lowest BCUT2D eigenvalue weighted by Gasteiger charge is -2.30. The first-order valence-corrected chi connectivity index (χ1v) is 8.84. The van der Waals surface area contributed by atoms with Crippen molar-refractivity contribution in [3.63, 3.8) is 0 Å². The maximum atomic E-state index is 11.9. The quantitative estimate of drug-likeness (QED) is 0.842. The summed E-state index contributed by atoms with van der Waals surface area (Å²) in [7, 11) is 3.84. The Morgan fingerprint density at radius 1 is 1.52 bits per heavy atom. The van der Waals surface area contributed by atoms with Crippen LogP contribution in [0.1, 0.15) is 24.9 Å². The van der Waals surface area contributed by atoms with E-state index < -0.39 is 0 Å². The fraction of sp³-hybridized carbons (Fsp3) is 0.533. The summed E-state index contributed by atoms with van der Waals surface area (Å²) >= 11 is 8.29. The number of carbonyl (C=O) groups is 1. The lowest BCUT2D eigenvalue weighted by molar-refractivity contribution is -0.117. The maximum absolute atomic E-state index is 11.9. The number of fused-ring (bicyclic) bond motifs is 1. The summed E-state index contributed by atoms with van der Waals surface area (Å²) < 4.78 is 0. The van der Waals surface area contributed by atoms with Crippen molar-refractivity contribution in [3.8, 4) is 0 Å². The van der Waals surface area contributed by atoms with Crippen molar-refractivity contribution in [3.05, 3.63) is 22.7 Å². The van der Waals surface area contributed by atoms with Crippen LogP contribution >= 0.6 is 23.4 Å². The zero-order valence-electron chi connectivity index (χ0n) is 12.9. The topological polar surface area (TPSA) is 44.4 Å². The summed E-state index contributed by atoms with van der Waals surface area (Å²) in [4.78, 5) is 14.1. The van der Waals surface area contributed by atoms with Gasteiger partial charge in [-0.05, 0) is 31.9 Å². The molecular weight excluding hydrogens is 306 g/mol. The molecule has 1 amide bonds. The summed E-state index contributed by atoms with van der Waals surface area (Å²) in [6.07, 6.45) is 3.16. The highest BCUT2D eigenvalue weighted by molar-refractivity contribution is 7.98. The van der Waals surface area contributed by atoms with E-state index in [1.165, 1.54) is 0 Å². The molecule has 0 radical (unpaired) electrons. The molecule has 0 aromatic heterocycles. The van der Waals surface area contributed by atoms with Crippen LogP contribution in [-0.4, -0.2) is 38.1 Å². The van der Waals surface area contributed by atoms with Gasteiger partial charge in [-0.15, -0.1) is 0 Å². The molecule has 2 rings (SSSR count). The van der Waals surface area contributed by atoms with Crippen LogP contribution in [0.15, 0.2) is 12.1 Å². The minimum Gasteiger partial charge on any atom is -0.370 e. The number of benzene rings is 1. The summed E-state index contributed by atoms with van der Waals surface area (Å²) in [5, 5.41) is 6.62. The summed E-state index contributed by atoms with van der Waals surface area (Å²) in [6, 6.07) is 3.99. The summed E-state index contributed by atoms with van der Waals surface area (Å²) in [5.41, 5.74) is 2.74. The normalized spacial score (nSPS) is 18.3. The van der Waals surface area contributed by atoms with Crippen molar-refractivity contribution in [2.75, 3.05) is 36.3 Å². The number of likely N-dealkylation sites (N-methyl/N-ethyl adjacent to an activating group) is 1. The van der Waals surface area contributed by atoms with Gasteiger partial charge < -0.3 is 15.5 Å². The number of rotatable bonds is 6. The number of nitrogens with one attached hydrogen (secondary N) is 2.